The first-order chi connectivity index (χ1) is 7.88. The third kappa shape index (κ3) is 1.42. The van der Waals surface area contributed by atoms with Gasteiger partial charge in [-0.3, -0.25) is 0 Å². The van der Waals surface area contributed by atoms with E-state index in [9.17, 15) is 4.79 Å². The fraction of sp³-hybridized carbons (Fsp3) is 0.0714. The molecule has 1 heterocycles. The van der Waals surface area contributed by atoms with E-state index in [1.165, 1.54) is 20.2 Å². The molecular weight excluding hydrogens is 216 g/mol. The van der Waals surface area contributed by atoms with Gasteiger partial charge in [0.2, 0.25) is 0 Å². The van der Waals surface area contributed by atoms with Crippen LogP contribution < -0.4 is 0 Å². The molecule has 0 aliphatic carbocycles. The van der Waals surface area contributed by atoms with E-state index >= 15 is 0 Å². The van der Waals surface area contributed by atoms with Crippen LogP contribution in [-0.2, 0) is 11.2 Å². The number of benzene rings is 2. The smallest absolute Gasteiger partial charge is 0.124 e. The van der Waals surface area contributed by atoms with E-state index in [4.69, 9.17) is 0 Å². The van der Waals surface area contributed by atoms with Crippen LogP contribution in [0.1, 0.15) is 5.56 Å². The van der Waals surface area contributed by atoms with Crippen LogP contribution in [0.2, 0.25) is 0 Å². The highest BCUT2D eigenvalue weighted by Crippen LogP contribution is 2.33. The predicted octanol–water partition coefficient (Wildman–Crippen LogP) is 3.80. The van der Waals surface area contributed by atoms with Crippen LogP contribution in [0.15, 0.2) is 42.5 Å². The lowest BCUT2D eigenvalue weighted by Crippen LogP contribution is -1.83. The molecule has 0 bridgehead atoms. The molecule has 78 valence electrons. The molecule has 0 unspecified atom stereocenters. The lowest BCUT2D eigenvalue weighted by molar-refractivity contribution is -0.107. The lowest BCUT2D eigenvalue weighted by atomic mass is 10.1. The van der Waals surface area contributed by atoms with Gasteiger partial charge in [-0.25, -0.2) is 0 Å². The lowest BCUT2D eigenvalue weighted by Gasteiger charge is -1.95. The Morgan fingerprint density at radius 1 is 1.00 bits per heavy atom. The molecule has 0 aliphatic heterocycles. The van der Waals surface area contributed by atoms with Crippen molar-refractivity contribution >= 4 is 37.8 Å². The van der Waals surface area contributed by atoms with Gasteiger partial charge in [0.1, 0.15) is 6.29 Å². The Morgan fingerprint density at radius 3 is 2.69 bits per heavy atom. The summed E-state index contributed by atoms with van der Waals surface area (Å²) >= 11 is 1.80. The molecule has 1 aromatic heterocycles. The topological polar surface area (TPSA) is 17.1 Å². The molecule has 2 aromatic carbocycles. The zero-order valence-corrected chi connectivity index (χ0v) is 9.46. The predicted molar refractivity (Wildman–Crippen MR) is 69.1 cm³/mol. The molecule has 0 fully saturated rings. The van der Waals surface area contributed by atoms with E-state index in [2.05, 4.69) is 36.4 Å². The molecule has 0 radical (unpaired) electrons. The maximum absolute atomic E-state index is 10.5. The van der Waals surface area contributed by atoms with Gasteiger partial charge >= 0.3 is 0 Å². The Labute approximate surface area is 97.3 Å². The third-order valence-electron chi connectivity index (χ3n) is 2.76. The number of carbonyl (C=O) groups is 1. The number of hydrogen-bond donors (Lipinski definition) is 0. The second-order valence-corrected chi connectivity index (χ2v) is 4.88. The van der Waals surface area contributed by atoms with Crippen molar-refractivity contribution in [3.05, 3.63) is 48.0 Å². The van der Waals surface area contributed by atoms with Crippen LogP contribution in [0.5, 0.6) is 0 Å². The molecule has 0 saturated heterocycles. The number of carbonyl (C=O) groups excluding carboxylic acids is 1. The summed E-state index contributed by atoms with van der Waals surface area (Å²) < 4.78 is 2.59. The molecule has 1 nitrogen and oxygen atoms in total. The van der Waals surface area contributed by atoms with Crippen molar-refractivity contribution in [2.45, 2.75) is 6.42 Å². The van der Waals surface area contributed by atoms with Crippen molar-refractivity contribution < 1.29 is 4.79 Å². The fourth-order valence-corrected chi connectivity index (χ4v) is 3.08. The Kier molecular flexibility index (Phi) is 2.22. The van der Waals surface area contributed by atoms with Crippen LogP contribution in [0.25, 0.3) is 20.2 Å². The van der Waals surface area contributed by atoms with Crippen molar-refractivity contribution in [1.82, 2.24) is 0 Å². The van der Waals surface area contributed by atoms with Gasteiger partial charge in [-0.2, -0.15) is 0 Å². The van der Waals surface area contributed by atoms with Crippen molar-refractivity contribution in [1.29, 1.82) is 0 Å². The minimum Gasteiger partial charge on any atom is -0.303 e. The normalized spacial score (nSPS) is 11.0. The SMILES string of the molecule is O=CCc1ccc2sc3ccccc3c2c1. The van der Waals surface area contributed by atoms with E-state index in [1.807, 2.05) is 6.07 Å². The highest BCUT2D eigenvalue weighted by atomic mass is 32.1. The average Bonchev–Trinajstić information content (AvgIpc) is 2.68. The molecule has 0 aliphatic rings. The molecule has 3 aromatic rings. The number of aldehydes is 1. The first kappa shape index (κ1) is 9.55. The van der Waals surface area contributed by atoms with Crippen molar-refractivity contribution in [2.75, 3.05) is 0 Å². The third-order valence-corrected chi connectivity index (χ3v) is 3.91. The van der Waals surface area contributed by atoms with Crippen molar-refractivity contribution in [3.8, 4) is 0 Å². The van der Waals surface area contributed by atoms with Gasteiger partial charge in [-0.1, -0.05) is 24.3 Å². The van der Waals surface area contributed by atoms with Crippen molar-refractivity contribution in [2.24, 2.45) is 0 Å². The first-order valence-corrected chi connectivity index (χ1v) is 6.04. The summed E-state index contributed by atoms with van der Waals surface area (Å²) in [5.41, 5.74) is 1.09. The minimum absolute atomic E-state index is 0.500. The van der Waals surface area contributed by atoms with Gasteiger partial charge in [0.05, 0.1) is 0 Å². The molecule has 3 rings (SSSR count). The van der Waals surface area contributed by atoms with E-state index < -0.39 is 0 Å². The Balaban J connectivity index is 2.35. The van der Waals surface area contributed by atoms with Crippen LogP contribution >= 0.6 is 11.3 Å². The van der Waals surface area contributed by atoms with E-state index in [1.54, 1.807) is 11.3 Å². The standard InChI is InChI=1S/C14H10OS/c15-8-7-10-5-6-14-12(9-10)11-3-1-2-4-13(11)16-14/h1-6,8-9H,7H2. The number of rotatable bonds is 2. The Hall–Kier alpha value is -1.67. The maximum Gasteiger partial charge on any atom is 0.124 e. The van der Waals surface area contributed by atoms with Crippen LogP contribution in [0.4, 0.5) is 0 Å². The van der Waals surface area contributed by atoms with Crippen LogP contribution in [0.3, 0.4) is 0 Å². The minimum atomic E-state index is 0.500. The first-order valence-electron chi connectivity index (χ1n) is 5.22. The summed E-state index contributed by atoms with van der Waals surface area (Å²) in [5, 5.41) is 2.55. The van der Waals surface area contributed by atoms with Gasteiger partial charge in [-0.05, 0) is 23.8 Å². The van der Waals surface area contributed by atoms with Gasteiger partial charge in [0, 0.05) is 26.6 Å². The second kappa shape index (κ2) is 3.72. The van der Waals surface area contributed by atoms with Gasteiger partial charge in [0.15, 0.2) is 0 Å². The highest BCUT2D eigenvalue weighted by molar-refractivity contribution is 7.25. The molecule has 0 amide bonds. The van der Waals surface area contributed by atoms with E-state index in [-0.39, 0.29) is 0 Å². The number of thiophene rings is 1. The summed E-state index contributed by atoms with van der Waals surface area (Å²) in [6.45, 7) is 0. The number of fused-ring (bicyclic) bond motifs is 3. The molecule has 0 saturated carbocycles. The van der Waals surface area contributed by atoms with Gasteiger partial charge in [-0.15, -0.1) is 11.3 Å². The zero-order chi connectivity index (χ0) is 11.0. The largest absolute Gasteiger partial charge is 0.303 e. The van der Waals surface area contributed by atoms with Crippen LogP contribution in [-0.4, -0.2) is 6.29 Å². The summed E-state index contributed by atoms with van der Waals surface area (Å²) in [6.07, 6.45) is 1.45. The average molecular weight is 226 g/mol. The molecule has 0 atom stereocenters. The maximum atomic E-state index is 10.5. The number of hydrogen-bond acceptors (Lipinski definition) is 2. The Morgan fingerprint density at radius 2 is 1.81 bits per heavy atom. The summed E-state index contributed by atoms with van der Waals surface area (Å²) in [5.74, 6) is 0. The second-order valence-electron chi connectivity index (χ2n) is 3.80. The molecular formula is C14H10OS. The molecule has 2 heteroatoms. The zero-order valence-electron chi connectivity index (χ0n) is 8.64. The summed E-state index contributed by atoms with van der Waals surface area (Å²) in [7, 11) is 0. The van der Waals surface area contributed by atoms with Crippen LogP contribution in [0, 0.1) is 0 Å². The molecule has 0 spiro atoms. The van der Waals surface area contributed by atoms with Gasteiger partial charge in [0.25, 0.3) is 0 Å². The summed E-state index contributed by atoms with van der Waals surface area (Å²) in [4.78, 5) is 10.5. The van der Waals surface area contributed by atoms with Gasteiger partial charge < -0.3 is 4.79 Å². The van der Waals surface area contributed by atoms with E-state index in [0.717, 1.165) is 11.8 Å². The monoisotopic (exact) mass is 226 g/mol. The summed E-state index contributed by atoms with van der Waals surface area (Å²) in [6, 6.07) is 14.7. The fourth-order valence-electron chi connectivity index (χ4n) is 2.00. The van der Waals surface area contributed by atoms with Crippen molar-refractivity contribution in [3.63, 3.8) is 0 Å². The molecule has 16 heavy (non-hydrogen) atoms. The highest BCUT2D eigenvalue weighted by Gasteiger charge is 2.04. The quantitative estimate of drug-likeness (QED) is 0.607. The Bertz CT molecular complexity index is 667. The molecule has 0 N–H and O–H groups in total. The van der Waals surface area contributed by atoms with E-state index in [0.29, 0.717) is 6.42 Å².